The second-order valence-electron chi connectivity index (χ2n) is 2.53. The summed E-state index contributed by atoms with van der Waals surface area (Å²) >= 11 is 0. The minimum Gasteiger partial charge on any atom is -0.321 e. The number of benzene rings is 1. The summed E-state index contributed by atoms with van der Waals surface area (Å²) in [5.74, 6) is 2.54. The summed E-state index contributed by atoms with van der Waals surface area (Å²) in [6.07, 6.45) is 6.91. The molecule has 0 radical (unpaired) electrons. The highest BCUT2D eigenvalue weighted by Crippen LogP contribution is 2.11. The van der Waals surface area contributed by atoms with Crippen molar-refractivity contribution in [3.05, 3.63) is 48.0 Å². The lowest BCUT2D eigenvalue weighted by Gasteiger charge is -2.05. The molecule has 0 aliphatic heterocycles. The molecule has 0 saturated carbocycles. The van der Waals surface area contributed by atoms with Gasteiger partial charge in [-0.25, -0.2) is 0 Å². The van der Waals surface area contributed by atoms with E-state index in [2.05, 4.69) is 12.5 Å². The quantitative estimate of drug-likeness (QED) is 0.514. The summed E-state index contributed by atoms with van der Waals surface area (Å²) in [7, 11) is 0. The third kappa shape index (κ3) is 1.75. The Hall–Kier alpha value is -1.52. The van der Waals surface area contributed by atoms with E-state index in [0.717, 1.165) is 11.1 Å². The van der Waals surface area contributed by atoms with Crippen molar-refractivity contribution in [3.8, 4) is 12.3 Å². The van der Waals surface area contributed by atoms with Crippen molar-refractivity contribution in [2.75, 3.05) is 0 Å². The molecule has 1 aromatic carbocycles. The minimum absolute atomic E-state index is 0.100. The summed E-state index contributed by atoms with van der Waals surface area (Å²) in [5, 5.41) is 0. The van der Waals surface area contributed by atoms with Crippen LogP contribution in [-0.4, -0.2) is 0 Å². The standard InChI is InChI=1S/C11H11N/c1-3-9-5-7-10(8-6-9)11(12)4-2/h1,4-8,11H,2,12H2. The zero-order chi connectivity index (χ0) is 8.97. The van der Waals surface area contributed by atoms with Crippen molar-refractivity contribution in [1.82, 2.24) is 0 Å². The fourth-order valence-electron chi connectivity index (χ4n) is 0.938. The van der Waals surface area contributed by atoms with Gasteiger partial charge in [0.2, 0.25) is 0 Å². The van der Waals surface area contributed by atoms with Gasteiger partial charge < -0.3 is 5.73 Å². The number of hydrogen-bond donors (Lipinski definition) is 1. The van der Waals surface area contributed by atoms with Crippen LogP contribution in [0.2, 0.25) is 0 Å². The Bertz CT molecular complexity index is 303. The van der Waals surface area contributed by atoms with Crippen molar-refractivity contribution in [2.24, 2.45) is 5.73 Å². The molecule has 60 valence electrons. The lowest BCUT2D eigenvalue weighted by atomic mass is 10.1. The van der Waals surface area contributed by atoms with Crippen LogP contribution in [-0.2, 0) is 0 Å². The highest BCUT2D eigenvalue weighted by molar-refractivity contribution is 5.35. The molecule has 0 heterocycles. The van der Waals surface area contributed by atoms with Crippen LogP contribution in [0, 0.1) is 12.3 Å². The fourth-order valence-corrected chi connectivity index (χ4v) is 0.938. The molecule has 0 fully saturated rings. The molecule has 0 amide bonds. The molecule has 0 aliphatic rings. The van der Waals surface area contributed by atoms with Crippen LogP contribution in [0.25, 0.3) is 0 Å². The first-order valence-electron chi connectivity index (χ1n) is 3.72. The van der Waals surface area contributed by atoms with E-state index in [-0.39, 0.29) is 6.04 Å². The van der Waals surface area contributed by atoms with Crippen LogP contribution in [0.3, 0.4) is 0 Å². The van der Waals surface area contributed by atoms with Gasteiger partial charge in [-0.2, -0.15) is 0 Å². The first-order chi connectivity index (χ1) is 5.77. The van der Waals surface area contributed by atoms with Crippen molar-refractivity contribution < 1.29 is 0 Å². The van der Waals surface area contributed by atoms with Gasteiger partial charge in [-0.3, -0.25) is 0 Å². The van der Waals surface area contributed by atoms with Gasteiger partial charge >= 0.3 is 0 Å². The molecule has 1 aromatic rings. The van der Waals surface area contributed by atoms with Crippen molar-refractivity contribution in [1.29, 1.82) is 0 Å². The summed E-state index contributed by atoms with van der Waals surface area (Å²) in [4.78, 5) is 0. The summed E-state index contributed by atoms with van der Waals surface area (Å²) in [6, 6.07) is 7.48. The van der Waals surface area contributed by atoms with E-state index >= 15 is 0 Å². The minimum atomic E-state index is -0.100. The zero-order valence-corrected chi connectivity index (χ0v) is 6.83. The van der Waals surface area contributed by atoms with E-state index in [1.54, 1.807) is 6.08 Å². The maximum atomic E-state index is 5.72. The predicted molar refractivity (Wildman–Crippen MR) is 51.5 cm³/mol. The number of nitrogens with two attached hydrogens (primary N) is 1. The van der Waals surface area contributed by atoms with Gasteiger partial charge in [0.1, 0.15) is 0 Å². The number of hydrogen-bond acceptors (Lipinski definition) is 1. The monoisotopic (exact) mass is 157 g/mol. The molecule has 0 aliphatic carbocycles. The van der Waals surface area contributed by atoms with Gasteiger partial charge in [-0.05, 0) is 17.7 Å². The Kier molecular flexibility index (Phi) is 2.68. The molecular formula is C11H11N. The molecule has 0 aromatic heterocycles. The highest BCUT2D eigenvalue weighted by atomic mass is 14.6. The Balaban J connectivity index is 2.93. The Morgan fingerprint density at radius 1 is 1.42 bits per heavy atom. The highest BCUT2D eigenvalue weighted by Gasteiger charge is 1.98. The molecule has 1 unspecified atom stereocenters. The van der Waals surface area contributed by atoms with Crippen LogP contribution in [0.4, 0.5) is 0 Å². The van der Waals surface area contributed by atoms with Gasteiger partial charge in [0.05, 0.1) is 0 Å². The molecule has 0 spiro atoms. The van der Waals surface area contributed by atoms with Crippen molar-refractivity contribution in [2.45, 2.75) is 6.04 Å². The average Bonchev–Trinajstić information content (AvgIpc) is 2.17. The zero-order valence-electron chi connectivity index (χ0n) is 6.83. The van der Waals surface area contributed by atoms with Gasteiger partial charge in [-0.15, -0.1) is 13.0 Å². The normalized spacial score (nSPS) is 11.7. The Morgan fingerprint density at radius 3 is 2.42 bits per heavy atom. The average molecular weight is 157 g/mol. The van der Waals surface area contributed by atoms with Gasteiger partial charge in [0.25, 0.3) is 0 Å². The van der Waals surface area contributed by atoms with E-state index in [1.807, 2.05) is 24.3 Å². The second kappa shape index (κ2) is 3.75. The maximum Gasteiger partial charge on any atom is 0.0478 e. The smallest absolute Gasteiger partial charge is 0.0478 e. The first-order valence-corrected chi connectivity index (χ1v) is 3.72. The molecule has 1 rings (SSSR count). The van der Waals surface area contributed by atoms with Crippen LogP contribution >= 0.6 is 0 Å². The Labute approximate surface area is 72.9 Å². The van der Waals surface area contributed by atoms with Crippen LogP contribution in [0.1, 0.15) is 17.2 Å². The van der Waals surface area contributed by atoms with Crippen molar-refractivity contribution in [3.63, 3.8) is 0 Å². The molecular weight excluding hydrogens is 146 g/mol. The molecule has 1 atom stereocenters. The summed E-state index contributed by atoms with van der Waals surface area (Å²) < 4.78 is 0. The van der Waals surface area contributed by atoms with Gasteiger partial charge in [0, 0.05) is 11.6 Å². The first kappa shape index (κ1) is 8.58. The van der Waals surface area contributed by atoms with E-state index in [4.69, 9.17) is 12.2 Å². The second-order valence-corrected chi connectivity index (χ2v) is 2.53. The van der Waals surface area contributed by atoms with E-state index in [0.29, 0.717) is 0 Å². The molecule has 1 nitrogen and oxygen atoms in total. The number of rotatable bonds is 2. The van der Waals surface area contributed by atoms with E-state index < -0.39 is 0 Å². The predicted octanol–water partition coefficient (Wildman–Crippen LogP) is 1.85. The van der Waals surface area contributed by atoms with Crippen LogP contribution in [0.5, 0.6) is 0 Å². The molecule has 0 bridgehead atoms. The summed E-state index contributed by atoms with van der Waals surface area (Å²) in [6.45, 7) is 3.61. The third-order valence-electron chi connectivity index (χ3n) is 1.72. The SMILES string of the molecule is C#Cc1ccc(C(N)C=C)cc1. The van der Waals surface area contributed by atoms with Crippen molar-refractivity contribution >= 4 is 0 Å². The largest absolute Gasteiger partial charge is 0.321 e. The summed E-state index contributed by atoms with van der Waals surface area (Å²) in [5.41, 5.74) is 7.62. The van der Waals surface area contributed by atoms with Gasteiger partial charge in [0.15, 0.2) is 0 Å². The lowest BCUT2D eigenvalue weighted by Crippen LogP contribution is -2.05. The number of terminal acetylenes is 1. The maximum absolute atomic E-state index is 5.72. The van der Waals surface area contributed by atoms with Crippen LogP contribution < -0.4 is 5.73 Å². The van der Waals surface area contributed by atoms with Crippen LogP contribution in [0.15, 0.2) is 36.9 Å². The lowest BCUT2D eigenvalue weighted by molar-refractivity contribution is 0.914. The Morgan fingerprint density at radius 2 is 2.00 bits per heavy atom. The van der Waals surface area contributed by atoms with E-state index in [1.165, 1.54) is 0 Å². The molecule has 0 saturated heterocycles. The van der Waals surface area contributed by atoms with Gasteiger partial charge in [-0.1, -0.05) is 24.1 Å². The topological polar surface area (TPSA) is 26.0 Å². The van der Waals surface area contributed by atoms with E-state index in [9.17, 15) is 0 Å². The molecule has 12 heavy (non-hydrogen) atoms. The molecule has 2 N–H and O–H groups in total. The third-order valence-corrected chi connectivity index (χ3v) is 1.72. The fraction of sp³-hybridized carbons (Fsp3) is 0.0909. The molecule has 1 heteroatoms.